The Morgan fingerprint density at radius 2 is 0.795 bits per heavy atom. The highest BCUT2D eigenvalue weighted by atomic mass is 16.3. The number of fused-ring (bicyclic) bond motifs is 9. The third kappa shape index (κ3) is 8.81. The van der Waals surface area contributed by atoms with Gasteiger partial charge in [-0.1, -0.05) is 188 Å². The zero-order chi connectivity index (χ0) is 57.5. The van der Waals surface area contributed by atoms with E-state index in [4.69, 9.17) is 15.4 Å². The number of para-hydroxylation sites is 4. The summed E-state index contributed by atoms with van der Waals surface area (Å²) in [5.41, 5.74) is 26.6. The van der Waals surface area contributed by atoms with Gasteiger partial charge in [0.15, 0.2) is 11.2 Å². The second kappa shape index (κ2) is 21.0. The molecule has 0 saturated carbocycles. The molecule has 83 heavy (non-hydrogen) atoms. The maximum absolute atomic E-state index is 7.38. The molecule has 0 amide bonds. The van der Waals surface area contributed by atoms with Crippen LogP contribution in [0.5, 0.6) is 0 Å². The van der Waals surface area contributed by atoms with E-state index in [1.165, 1.54) is 77.4 Å². The molecule has 0 spiro atoms. The summed E-state index contributed by atoms with van der Waals surface area (Å²) in [6.07, 6.45) is 3.96. The predicted octanol–water partition coefficient (Wildman–Crippen LogP) is 23.6. The number of furan rings is 2. The Morgan fingerprint density at radius 3 is 1.25 bits per heavy atom. The lowest BCUT2D eigenvalue weighted by atomic mass is 9.84. The van der Waals surface area contributed by atoms with Gasteiger partial charge in [-0.3, -0.25) is 0 Å². The summed E-state index contributed by atoms with van der Waals surface area (Å²) < 4.78 is 14.8. The van der Waals surface area contributed by atoms with Crippen LogP contribution in [0.15, 0.2) is 197 Å². The highest BCUT2D eigenvalue weighted by Gasteiger charge is 2.30. The molecule has 0 aliphatic heterocycles. The summed E-state index contributed by atoms with van der Waals surface area (Å²) in [6, 6.07) is 67.5. The van der Waals surface area contributed by atoms with Crippen molar-refractivity contribution >= 4 is 106 Å². The topological polar surface area (TPSA) is 32.8 Å². The molecule has 13 aromatic rings. The minimum atomic E-state index is 0.177. The van der Waals surface area contributed by atoms with Crippen LogP contribution in [0, 0.1) is 34.6 Å². The van der Waals surface area contributed by atoms with Crippen molar-refractivity contribution in [1.29, 1.82) is 0 Å². The van der Waals surface area contributed by atoms with E-state index in [-0.39, 0.29) is 11.8 Å². The van der Waals surface area contributed by atoms with Gasteiger partial charge in [-0.15, -0.1) is 0 Å². The molecule has 0 unspecified atom stereocenters. The van der Waals surface area contributed by atoms with E-state index in [1.54, 1.807) is 0 Å². The fourth-order valence-electron chi connectivity index (χ4n) is 13.8. The Hall–Kier alpha value is -9.12. The third-order valence-corrected chi connectivity index (χ3v) is 17.5. The van der Waals surface area contributed by atoms with Crippen LogP contribution in [0.2, 0.25) is 0 Å². The van der Waals surface area contributed by atoms with Crippen molar-refractivity contribution in [1.82, 2.24) is 0 Å². The van der Waals surface area contributed by atoms with Crippen molar-refractivity contribution < 1.29 is 8.83 Å². The van der Waals surface area contributed by atoms with Gasteiger partial charge in [0.1, 0.15) is 11.2 Å². The van der Waals surface area contributed by atoms with E-state index in [0.29, 0.717) is 0 Å². The first-order chi connectivity index (χ1) is 40.3. The summed E-state index contributed by atoms with van der Waals surface area (Å²) in [7, 11) is 0. The lowest BCUT2D eigenvalue weighted by molar-refractivity contribution is 0.669. The quantitative estimate of drug-likeness (QED) is 0.108. The Kier molecular flexibility index (Phi) is 13.5. The molecule has 0 aliphatic carbocycles. The molecule has 0 radical (unpaired) electrons. The third-order valence-electron chi connectivity index (χ3n) is 17.5. The van der Waals surface area contributed by atoms with Crippen LogP contribution in [0.4, 0.5) is 34.1 Å². The molecule has 0 bridgehead atoms. The van der Waals surface area contributed by atoms with Crippen LogP contribution >= 0.6 is 0 Å². The van der Waals surface area contributed by atoms with Crippen LogP contribution in [0.25, 0.3) is 93.8 Å². The Bertz CT molecular complexity index is 4710. The molecule has 13 rings (SSSR count). The normalized spacial score (nSPS) is 11.9. The first kappa shape index (κ1) is 53.2. The zero-order valence-corrected chi connectivity index (χ0v) is 49.9. The van der Waals surface area contributed by atoms with Gasteiger partial charge in [-0.05, 0) is 185 Å². The molecule has 0 aliphatic rings. The van der Waals surface area contributed by atoms with Gasteiger partial charge in [0.2, 0.25) is 0 Å². The molecular weight excluding hydrogens is 1010 g/mol. The van der Waals surface area contributed by atoms with Crippen molar-refractivity contribution in [2.24, 2.45) is 0 Å². The SMILES string of the molecule is C=Cc1c(N(c2cc(C)cc(C)c2)c2cccc3c2oc2c(-c4ccccc4CC)cccc23)cc(C(C)C)c2ccc3c(N(c4cc(C)cc(C)c4)c4cccc5c4oc4c(-c6ccccc6CC)cccc45)cc(C(C)C)c(C)c3c12. The average Bonchev–Trinajstić information content (AvgIpc) is 3.38. The Balaban J connectivity index is 1.13. The summed E-state index contributed by atoms with van der Waals surface area (Å²) in [6.45, 7) is 29.7. The monoisotopic (exact) mass is 1080 g/mol. The van der Waals surface area contributed by atoms with Gasteiger partial charge >= 0.3 is 0 Å². The van der Waals surface area contributed by atoms with Crippen molar-refractivity contribution in [3.05, 3.63) is 244 Å². The minimum Gasteiger partial charge on any atom is -0.453 e. The molecule has 4 heteroatoms. The van der Waals surface area contributed by atoms with Crippen LogP contribution in [-0.2, 0) is 12.8 Å². The molecule has 0 atom stereocenters. The van der Waals surface area contributed by atoms with Crippen LogP contribution in [0.1, 0.15) is 109 Å². The maximum Gasteiger partial charge on any atom is 0.159 e. The van der Waals surface area contributed by atoms with E-state index >= 15 is 0 Å². The molecule has 0 N–H and O–H groups in total. The molecule has 11 aromatic carbocycles. The first-order valence-corrected chi connectivity index (χ1v) is 29.8. The second-order valence-electron chi connectivity index (χ2n) is 23.7. The minimum absolute atomic E-state index is 0.177. The van der Waals surface area contributed by atoms with Crippen molar-refractivity contribution in [2.75, 3.05) is 9.80 Å². The van der Waals surface area contributed by atoms with Crippen molar-refractivity contribution in [3.63, 3.8) is 0 Å². The molecule has 4 nitrogen and oxygen atoms in total. The first-order valence-electron chi connectivity index (χ1n) is 29.8. The number of anilines is 6. The van der Waals surface area contributed by atoms with Crippen LogP contribution in [-0.4, -0.2) is 0 Å². The summed E-state index contributed by atoms with van der Waals surface area (Å²) >= 11 is 0. The molecule has 0 fully saturated rings. The standard InChI is InChI=1S/C79H72N2O2/c1-13-53-24-16-18-26-58(53)61-28-20-30-63-65-32-22-34-70(78(65)82-76(61)63)80(55-40-48(8)38-49(9)41-55)72-45-69(47(6)7)60-36-37-67-73(44-68(46(4)5)52(12)74(67)75(60)57(72)15-3)81(56-42-50(10)39-51(11)43-56)71-35-23-33-66-64-31-21-29-62(77(64)83-79(66)71)59-27-19-17-25-54(59)14-2/h15-47H,3,13-14H2,1-2,4-12H3. The smallest absolute Gasteiger partial charge is 0.159 e. The molecule has 0 saturated heterocycles. The van der Waals surface area contributed by atoms with E-state index in [2.05, 4.69) is 274 Å². The van der Waals surface area contributed by atoms with Gasteiger partial charge in [-0.25, -0.2) is 0 Å². The largest absolute Gasteiger partial charge is 0.453 e. The highest BCUT2D eigenvalue weighted by molar-refractivity contribution is 6.22. The predicted molar refractivity (Wildman–Crippen MR) is 357 cm³/mol. The summed E-state index contributed by atoms with van der Waals surface area (Å²) in [5, 5.41) is 9.14. The highest BCUT2D eigenvalue weighted by Crippen LogP contribution is 2.53. The lowest BCUT2D eigenvalue weighted by Crippen LogP contribution is -2.14. The Morgan fingerprint density at radius 1 is 0.386 bits per heavy atom. The summed E-state index contributed by atoms with van der Waals surface area (Å²) in [4.78, 5) is 4.95. The zero-order valence-electron chi connectivity index (χ0n) is 49.9. The summed E-state index contributed by atoms with van der Waals surface area (Å²) in [5.74, 6) is 0.376. The molecule has 410 valence electrons. The number of nitrogens with zero attached hydrogens (tertiary/aromatic N) is 2. The fraction of sp³-hybridized carbons (Fsp3) is 0.190. The van der Waals surface area contributed by atoms with Gasteiger partial charge in [0, 0.05) is 55.0 Å². The molecule has 2 aromatic heterocycles. The van der Waals surface area contributed by atoms with Crippen LogP contribution < -0.4 is 9.80 Å². The number of benzene rings is 11. The van der Waals surface area contributed by atoms with E-state index in [1.807, 2.05) is 0 Å². The second-order valence-corrected chi connectivity index (χ2v) is 23.7. The molecular formula is C79H72N2O2. The number of hydrogen-bond acceptors (Lipinski definition) is 4. The average molecular weight is 1080 g/mol. The van der Waals surface area contributed by atoms with E-state index < -0.39 is 0 Å². The van der Waals surface area contributed by atoms with Gasteiger partial charge in [0.25, 0.3) is 0 Å². The maximum atomic E-state index is 7.38. The Labute approximate surface area is 488 Å². The molecule has 2 heterocycles. The number of aryl methyl sites for hydroxylation is 7. The number of rotatable bonds is 13. The van der Waals surface area contributed by atoms with E-state index in [0.717, 1.165) is 113 Å². The fourth-order valence-corrected chi connectivity index (χ4v) is 13.8. The van der Waals surface area contributed by atoms with Gasteiger partial charge in [0.05, 0.1) is 22.7 Å². The van der Waals surface area contributed by atoms with Crippen molar-refractivity contribution in [2.45, 2.75) is 101 Å². The van der Waals surface area contributed by atoms with Gasteiger partial charge in [-0.2, -0.15) is 0 Å². The van der Waals surface area contributed by atoms with Gasteiger partial charge < -0.3 is 18.6 Å². The number of hydrogen-bond donors (Lipinski definition) is 0. The van der Waals surface area contributed by atoms with Crippen molar-refractivity contribution in [3.8, 4) is 22.3 Å². The van der Waals surface area contributed by atoms with Crippen LogP contribution in [0.3, 0.4) is 0 Å². The van der Waals surface area contributed by atoms with E-state index in [9.17, 15) is 0 Å². The lowest BCUT2D eigenvalue weighted by Gasteiger charge is -2.32.